The number of carbonyl (C=O) groups excluding carboxylic acids is 1. The van der Waals surface area contributed by atoms with Crippen molar-refractivity contribution in [2.45, 2.75) is 20.8 Å². The van der Waals surface area contributed by atoms with Crippen molar-refractivity contribution >= 4 is 45.4 Å². The lowest BCUT2D eigenvalue weighted by molar-refractivity contribution is -0.111. The largest absolute Gasteiger partial charge is 0.492 e. The van der Waals surface area contributed by atoms with Gasteiger partial charge in [0.05, 0.1) is 29.7 Å². The van der Waals surface area contributed by atoms with Gasteiger partial charge in [0, 0.05) is 57.0 Å². The molecule has 0 aliphatic heterocycles. The summed E-state index contributed by atoms with van der Waals surface area (Å²) in [4.78, 5) is 21.3. The molecule has 0 unspecified atom stereocenters. The van der Waals surface area contributed by atoms with Crippen LogP contribution in [0.5, 0.6) is 5.75 Å². The number of amides is 1. The molecule has 1 aromatic heterocycles. The minimum absolute atomic E-state index is 0.287. The number of hydrogen-bond donors (Lipinski definition) is 3. The Morgan fingerprint density at radius 1 is 1.20 bits per heavy atom. The van der Waals surface area contributed by atoms with Gasteiger partial charge in [0.25, 0.3) is 0 Å². The zero-order valence-corrected chi connectivity index (χ0v) is 24.5. The first-order valence-electron chi connectivity index (χ1n) is 13.6. The van der Waals surface area contributed by atoms with Gasteiger partial charge in [-0.15, -0.1) is 0 Å². The van der Waals surface area contributed by atoms with Gasteiger partial charge in [-0.3, -0.25) is 9.48 Å². The number of nitrogens with two attached hydrogens (primary N) is 1. The van der Waals surface area contributed by atoms with Crippen molar-refractivity contribution in [1.29, 1.82) is 0 Å². The highest BCUT2D eigenvalue weighted by molar-refractivity contribution is 6.03. The Bertz CT molecular complexity index is 1390. The number of nitrogens with one attached hydrogen (secondary N) is 2. The first-order chi connectivity index (χ1) is 19.2. The smallest absolute Gasteiger partial charge is 0.247 e. The van der Waals surface area contributed by atoms with Crippen LogP contribution in [0.3, 0.4) is 0 Å². The molecule has 10 heteroatoms. The predicted octanol–water partition coefficient (Wildman–Crippen LogP) is 4.12. The van der Waals surface area contributed by atoms with Crippen LogP contribution in [0.1, 0.15) is 26.3 Å². The Kier molecular flexibility index (Phi) is 10.7. The fourth-order valence-electron chi connectivity index (χ4n) is 4.19. The zero-order valence-electron chi connectivity index (χ0n) is 24.5. The van der Waals surface area contributed by atoms with Gasteiger partial charge in [-0.05, 0) is 57.3 Å². The van der Waals surface area contributed by atoms with Crippen molar-refractivity contribution in [3.8, 4) is 5.75 Å². The van der Waals surface area contributed by atoms with E-state index in [0.717, 1.165) is 47.5 Å². The molecule has 0 bridgehead atoms. The molecule has 3 aromatic rings. The summed E-state index contributed by atoms with van der Waals surface area (Å²) in [6.45, 7) is 13.4. The number of likely N-dealkylation sites (N-methyl/N-ethyl adjacent to an activating group) is 2. The molecule has 0 atom stereocenters. The molecule has 0 radical (unpaired) electrons. The van der Waals surface area contributed by atoms with Gasteiger partial charge in [0.2, 0.25) is 5.91 Å². The second kappa shape index (κ2) is 14.2. The number of aryl methyl sites for hydroxylation is 1. The van der Waals surface area contributed by atoms with E-state index in [9.17, 15) is 4.79 Å². The van der Waals surface area contributed by atoms with Crippen molar-refractivity contribution in [1.82, 2.24) is 20.0 Å². The maximum atomic E-state index is 12.3. The molecule has 0 fully saturated rings. The monoisotopic (exact) mass is 546 g/mol. The van der Waals surface area contributed by atoms with Crippen LogP contribution >= 0.6 is 0 Å². The summed E-state index contributed by atoms with van der Waals surface area (Å²) in [6.07, 6.45) is 4.89. The van der Waals surface area contributed by atoms with Crippen LogP contribution in [0, 0.1) is 0 Å². The van der Waals surface area contributed by atoms with E-state index in [-0.39, 0.29) is 11.7 Å². The number of amidine groups is 1. The van der Waals surface area contributed by atoms with Crippen molar-refractivity contribution < 1.29 is 9.53 Å². The van der Waals surface area contributed by atoms with Gasteiger partial charge >= 0.3 is 0 Å². The second-order valence-electron chi connectivity index (χ2n) is 9.45. The Hall–Kier alpha value is -4.31. The lowest BCUT2D eigenvalue weighted by Crippen LogP contribution is -2.31. The first-order valence-corrected chi connectivity index (χ1v) is 13.6. The van der Waals surface area contributed by atoms with E-state index in [1.807, 2.05) is 57.0 Å². The standard InChI is InChI=1S/C30H42N8O2/c1-8-30(39)35-24-17-25(28(40-11-4)19-27(24)37(6)15-14-36(5)10-3)34-29(31)18-23(32-9-2)21-12-13-26-22(16-21)20-33-38(26)7/h8,12-13,16-20,32H,1,9-11,14-15H2,2-7H3,(H2,31,34)(H,35,39). The Morgan fingerprint density at radius 2 is 1.98 bits per heavy atom. The van der Waals surface area contributed by atoms with Crippen molar-refractivity contribution in [2.24, 2.45) is 17.8 Å². The average Bonchev–Trinajstić information content (AvgIpc) is 3.32. The quantitative estimate of drug-likeness (QED) is 0.158. The number of hydrogen-bond acceptors (Lipinski definition) is 7. The molecular formula is C30H42N8O2. The summed E-state index contributed by atoms with van der Waals surface area (Å²) < 4.78 is 7.81. The van der Waals surface area contributed by atoms with E-state index in [1.165, 1.54) is 6.08 Å². The number of ether oxygens (including phenoxy) is 1. The maximum Gasteiger partial charge on any atom is 0.247 e. The molecule has 0 aliphatic carbocycles. The van der Waals surface area contributed by atoms with Crippen molar-refractivity contribution in [2.75, 3.05) is 57.1 Å². The number of benzene rings is 2. The van der Waals surface area contributed by atoms with Crippen LogP contribution in [-0.4, -0.2) is 73.3 Å². The molecule has 1 amide bonds. The van der Waals surface area contributed by atoms with Crippen molar-refractivity contribution in [3.05, 3.63) is 60.8 Å². The minimum atomic E-state index is -0.312. The molecule has 0 saturated carbocycles. The number of aliphatic imine (C=N–C) groups is 1. The Labute approximate surface area is 237 Å². The Morgan fingerprint density at radius 3 is 2.65 bits per heavy atom. The van der Waals surface area contributed by atoms with Crippen LogP contribution in [0.4, 0.5) is 17.1 Å². The molecular weight excluding hydrogens is 504 g/mol. The minimum Gasteiger partial charge on any atom is -0.492 e. The van der Waals surface area contributed by atoms with E-state index in [1.54, 1.807) is 12.1 Å². The molecule has 4 N–H and O–H groups in total. The molecule has 0 aliphatic rings. The van der Waals surface area contributed by atoms with E-state index < -0.39 is 0 Å². The van der Waals surface area contributed by atoms with E-state index in [4.69, 9.17) is 15.5 Å². The zero-order chi connectivity index (χ0) is 29.2. The van der Waals surface area contributed by atoms with Crippen LogP contribution < -0.4 is 26.0 Å². The average molecular weight is 547 g/mol. The number of anilines is 2. The number of fused-ring (bicyclic) bond motifs is 1. The van der Waals surface area contributed by atoms with Crippen LogP contribution in [0.15, 0.2) is 60.3 Å². The molecule has 0 spiro atoms. The van der Waals surface area contributed by atoms with Gasteiger partial charge in [0.1, 0.15) is 17.3 Å². The predicted molar refractivity (Wildman–Crippen MR) is 167 cm³/mol. The third kappa shape index (κ3) is 7.63. The van der Waals surface area contributed by atoms with Crippen LogP contribution in [-0.2, 0) is 11.8 Å². The maximum absolute atomic E-state index is 12.3. The molecule has 0 saturated heterocycles. The summed E-state index contributed by atoms with van der Waals surface area (Å²) in [7, 11) is 5.98. The normalized spacial score (nSPS) is 12.1. The fraction of sp³-hybridized carbons (Fsp3) is 0.367. The molecule has 214 valence electrons. The molecule has 40 heavy (non-hydrogen) atoms. The highest BCUT2D eigenvalue weighted by Gasteiger charge is 2.16. The molecule has 10 nitrogen and oxygen atoms in total. The van der Waals surface area contributed by atoms with Gasteiger partial charge in [-0.2, -0.15) is 5.10 Å². The van der Waals surface area contributed by atoms with Gasteiger partial charge in [-0.1, -0.05) is 19.6 Å². The van der Waals surface area contributed by atoms with Crippen LogP contribution in [0.2, 0.25) is 0 Å². The first kappa shape index (κ1) is 30.2. The fourth-order valence-corrected chi connectivity index (χ4v) is 4.19. The second-order valence-corrected chi connectivity index (χ2v) is 9.45. The highest BCUT2D eigenvalue weighted by Crippen LogP contribution is 2.39. The number of aromatic nitrogens is 2. The van der Waals surface area contributed by atoms with Gasteiger partial charge < -0.3 is 30.9 Å². The Balaban J connectivity index is 2.05. The molecule has 2 aromatic carbocycles. The van der Waals surface area contributed by atoms with Crippen molar-refractivity contribution in [3.63, 3.8) is 0 Å². The topological polar surface area (TPSA) is 113 Å². The molecule has 3 rings (SSSR count). The third-order valence-electron chi connectivity index (χ3n) is 6.55. The lowest BCUT2D eigenvalue weighted by atomic mass is 10.1. The number of carbonyl (C=O) groups is 1. The number of nitrogens with zero attached hydrogens (tertiary/aromatic N) is 5. The molecule has 1 heterocycles. The summed E-state index contributed by atoms with van der Waals surface area (Å²) in [5, 5.41) is 11.7. The number of rotatable bonds is 14. The third-order valence-corrected chi connectivity index (χ3v) is 6.55. The van der Waals surface area contributed by atoms with Gasteiger partial charge in [-0.25, -0.2) is 4.99 Å². The van der Waals surface area contributed by atoms with Crippen LogP contribution in [0.25, 0.3) is 16.6 Å². The summed E-state index contributed by atoms with van der Waals surface area (Å²) >= 11 is 0. The van der Waals surface area contributed by atoms with Gasteiger partial charge in [0.15, 0.2) is 0 Å². The van der Waals surface area contributed by atoms with E-state index in [0.29, 0.717) is 30.3 Å². The van der Waals surface area contributed by atoms with E-state index in [2.05, 4.69) is 52.1 Å². The highest BCUT2D eigenvalue weighted by atomic mass is 16.5. The SMILES string of the molecule is C=CC(=O)Nc1cc(N=C(N)C=C(NCC)c2ccc3c(cnn3C)c2)c(OCC)cc1N(C)CCN(C)CC. The lowest BCUT2D eigenvalue weighted by Gasteiger charge is -2.26. The van der Waals surface area contributed by atoms with E-state index >= 15 is 0 Å². The summed E-state index contributed by atoms with van der Waals surface area (Å²) in [6, 6.07) is 9.81. The summed E-state index contributed by atoms with van der Waals surface area (Å²) in [5.41, 5.74) is 11.2. The summed E-state index contributed by atoms with van der Waals surface area (Å²) in [5.74, 6) is 0.547.